The van der Waals surface area contributed by atoms with Gasteiger partial charge in [0.05, 0.1) is 0 Å². The van der Waals surface area contributed by atoms with Crippen LogP contribution in [0.1, 0.15) is 133 Å². The van der Waals surface area contributed by atoms with E-state index in [9.17, 15) is 0 Å². The van der Waals surface area contributed by atoms with Crippen LogP contribution in [0.25, 0.3) is 34.4 Å². The first kappa shape index (κ1) is 38.5. The Kier molecular flexibility index (Phi) is 11.0. The third-order valence-electron chi connectivity index (χ3n) is 13.1. The fraction of sp³-hybridized carbons (Fsp3) is 0.417. The molecule has 3 heteroatoms. The van der Waals surface area contributed by atoms with Gasteiger partial charge in [0, 0.05) is 0 Å². The van der Waals surface area contributed by atoms with Crippen LogP contribution in [-0.4, -0.2) is 0 Å². The van der Waals surface area contributed by atoms with Gasteiger partial charge in [-0.15, -0.1) is 0 Å². The SMILES string of the molecule is CCCCC1=Cc2c(-c3ccc(C)cc3)c(C)c(C)c(C)c2[CH]1[Zr]([Cl])([Cl])([CH2]C)[CH]1C(CCCC)=Cc2c(-c3ccc(C)cc3)c(C)c(C)c(C)c21. The molecule has 4 aromatic carbocycles. The van der Waals surface area contributed by atoms with Crippen LogP contribution < -0.4 is 0 Å². The number of hydrogen-bond donors (Lipinski definition) is 0. The molecule has 0 fully saturated rings. The average molecular weight is 798 g/mol. The van der Waals surface area contributed by atoms with Gasteiger partial charge in [-0.25, -0.2) is 0 Å². The van der Waals surface area contributed by atoms with Gasteiger partial charge < -0.3 is 0 Å². The molecule has 2 aliphatic rings. The van der Waals surface area contributed by atoms with E-state index < -0.39 is 16.4 Å². The van der Waals surface area contributed by atoms with E-state index in [2.05, 4.69) is 137 Å². The molecule has 0 spiro atoms. The van der Waals surface area contributed by atoms with E-state index >= 15 is 0 Å². The van der Waals surface area contributed by atoms with Gasteiger partial charge in [-0.3, -0.25) is 0 Å². The maximum atomic E-state index is 8.85. The quantitative estimate of drug-likeness (QED) is 0.142. The molecule has 0 nitrogen and oxygen atoms in total. The fourth-order valence-electron chi connectivity index (χ4n) is 9.67. The third-order valence-corrected chi connectivity index (χ3v) is 33.8. The first-order chi connectivity index (χ1) is 24.2. The zero-order valence-electron chi connectivity index (χ0n) is 33.1. The Labute approximate surface area is 318 Å². The Bertz CT molecular complexity index is 1910. The van der Waals surface area contributed by atoms with Crippen LogP contribution in [0.3, 0.4) is 0 Å². The minimum absolute atomic E-state index is 0.0645. The molecule has 51 heavy (non-hydrogen) atoms. The topological polar surface area (TPSA) is 0 Å². The monoisotopic (exact) mass is 795 g/mol. The van der Waals surface area contributed by atoms with Gasteiger partial charge in [-0.1, -0.05) is 0 Å². The van der Waals surface area contributed by atoms with E-state index in [-0.39, 0.29) is 7.25 Å². The van der Waals surface area contributed by atoms with E-state index in [0.717, 1.165) is 42.7 Å². The van der Waals surface area contributed by atoms with Crippen LogP contribution in [0.2, 0.25) is 4.13 Å². The summed E-state index contributed by atoms with van der Waals surface area (Å²) in [5, 5.41) is 0. The van der Waals surface area contributed by atoms with E-state index in [0.29, 0.717) is 0 Å². The number of fused-ring (bicyclic) bond motifs is 2. The number of unbranched alkanes of at least 4 members (excludes halogenated alkanes) is 2. The molecule has 0 aliphatic heterocycles. The van der Waals surface area contributed by atoms with Crippen molar-refractivity contribution in [1.82, 2.24) is 0 Å². The molecule has 0 amide bonds. The third kappa shape index (κ3) is 6.34. The zero-order valence-corrected chi connectivity index (χ0v) is 37.1. The molecule has 0 heterocycles. The fourth-order valence-corrected chi connectivity index (χ4v) is 28.0. The minimum atomic E-state index is -5.02. The van der Waals surface area contributed by atoms with E-state index in [1.54, 1.807) is 0 Å². The van der Waals surface area contributed by atoms with Gasteiger partial charge in [-0.05, 0) is 0 Å². The zero-order chi connectivity index (χ0) is 37.0. The molecule has 0 N–H and O–H groups in total. The van der Waals surface area contributed by atoms with Crippen molar-refractivity contribution in [1.29, 1.82) is 0 Å². The summed E-state index contributed by atoms with van der Waals surface area (Å²) in [6.45, 7) is 25.3. The summed E-state index contributed by atoms with van der Waals surface area (Å²) in [5.74, 6) is 0. The van der Waals surface area contributed by atoms with Crippen LogP contribution in [0.15, 0.2) is 59.7 Å². The molecule has 0 bridgehead atoms. The van der Waals surface area contributed by atoms with E-state index in [1.807, 2.05) is 0 Å². The number of aryl methyl sites for hydroxylation is 2. The summed E-state index contributed by atoms with van der Waals surface area (Å²) >= 11 is -5.02. The summed E-state index contributed by atoms with van der Waals surface area (Å²) in [5.41, 5.74) is 24.7. The molecule has 0 aromatic heterocycles. The van der Waals surface area contributed by atoms with Crippen molar-refractivity contribution in [2.24, 2.45) is 0 Å². The molecule has 0 saturated heterocycles. The standard InChI is InChI=1S/2C23H27.C2H5.2ClH.Zr/c2*1-6-7-8-19-13-21-17(4)16(3)18(5)23(22(21)14-19)20-11-9-15(2)10-12-20;1-2;;;/h2*9-14H,6-8H2,1-5H3;1H2,2H3;2*1H;/q;;;;;+2/p-2. The van der Waals surface area contributed by atoms with E-state index in [4.69, 9.17) is 17.0 Å². The predicted octanol–water partition coefficient (Wildman–Crippen LogP) is 15.9. The van der Waals surface area contributed by atoms with Crippen molar-refractivity contribution < 1.29 is 16.4 Å². The maximum absolute atomic E-state index is 8.85. The number of allylic oxidation sites excluding steroid dienone is 2. The van der Waals surface area contributed by atoms with Crippen molar-refractivity contribution >= 4 is 29.2 Å². The molecular formula is C48H59Cl2Zr. The van der Waals surface area contributed by atoms with Crippen LogP contribution in [0.5, 0.6) is 0 Å². The van der Waals surface area contributed by atoms with Crippen molar-refractivity contribution in [2.75, 3.05) is 0 Å². The summed E-state index contributed by atoms with van der Waals surface area (Å²) in [6.07, 6.45) is 11.8. The summed E-state index contributed by atoms with van der Waals surface area (Å²) in [7, 11) is 17.7. The summed E-state index contributed by atoms with van der Waals surface area (Å²) in [4.78, 5) is 0. The second kappa shape index (κ2) is 14.6. The normalized spacial score (nSPS) is 17.5. The molecule has 2 aliphatic carbocycles. The van der Waals surface area contributed by atoms with Gasteiger partial charge in [0.2, 0.25) is 0 Å². The number of benzene rings is 4. The van der Waals surface area contributed by atoms with Crippen LogP contribution in [-0.2, 0) is 16.4 Å². The Morgan fingerprint density at radius 2 is 0.843 bits per heavy atom. The first-order valence-corrected chi connectivity index (χ1v) is 30.5. The number of halogens is 2. The Morgan fingerprint density at radius 3 is 1.16 bits per heavy atom. The van der Waals surface area contributed by atoms with Gasteiger partial charge in [0.1, 0.15) is 0 Å². The van der Waals surface area contributed by atoms with Crippen molar-refractivity contribution in [3.05, 3.63) is 126 Å². The average Bonchev–Trinajstić information content (AvgIpc) is 3.70. The Balaban J connectivity index is 1.69. The predicted molar refractivity (Wildman–Crippen MR) is 224 cm³/mol. The summed E-state index contributed by atoms with van der Waals surface area (Å²) < 4.78 is 0.966. The van der Waals surface area contributed by atoms with Crippen molar-refractivity contribution in [2.45, 2.75) is 126 Å². The van der Waals surface area contributed by atoms with Gasteiger partial charge >= 0.3 is 320 Å². The Hall–Kier alpha value is -2.18. The van der Waals surface area contributed by atoms with Gasteiger partial charge in [0.15, 0.2) is 0 Å². The van der Waals surface area contributed by atoms with Gasteiger partial charge in [-0.2, -0.15) is 0 Å². The van der Waals surface area contributed by atoms with Gasteiger partial charge in [0.25, 0.3) is 0 Å². The van der Waals surface area contributed by atoms with E-state index in [1.165, 1.54) is 100 Å². The molecule has 4 aromatic rings. The summed E-state index contributed by atoms with van der Waals surface area (Å²) in [6, 6.07) is 18.3. The van der Waals surface area contributed by atoms with Crippen molar-refractivity contribution in [3.63, 3.8) is 0 Å². The molecule has 2 unspecified atom stereocenters. The molecule has 2 atom stereocenters. The van der Waals surface area contributed by atoms with Crippen molar-refractivity contribution in [3.8, 4) is 22.3 Å². The molecular weight excluding hydrogens is 739 g/mol. The van der Waals surface area contributed by atoms with Crippen LogP contribution in [0.4, 0.5) is 0 Å². The molecule has 0 saturated carbocycles. The molecule has 269 valence electrons. The number of hydrogen-bond acceptors (Lipinski definition) is 0. The second-order valence-corrected chi connectivity index (χ2v) is 39.0. The number of rotatable bonds is 11. The van der Waals surface area contributed by atoms with Crippen LogP contribution >= 0.6 is 17.0 Å². The molecule has 0 radical (unpaired) electrons. The second-order valence-electron chi connectivity index (χ2n) is 16.1. The molecule has 6 rings (SSSR count). The van der Waals surface area contributed by atoms with Crippen LogP contribution in [0, 0.1) is 55.4 Å². The Morgan fingerprint density at radius 1 is 0.490 bits per heavy atom. The first-order valence-electron chi connectivity index (χ1n) is 19.6.